The molecule has 6 nitrogen and oxygen atoms in total. The van der Waals surface area contributed by atoms with Gasteiger partial charge in [0.25, 0.3) is 0 Å². The van der Waals surface area contributed by atoms with Crippen LogP contribution in [-0.4, -0.2) is 53.5 Å². The van der Waals surface area contributed by atoms with E-state index in [-0.39, 0.29) is 0 Å². The molecule has 2 aromatic carbocycles. The van der Waals surface area contributed by atoms with Gasteiger partial charge in [-0.15, -0.1) is 0 Å². The number of unbranched alkanes of at least 4 members (excludes halogenated alkanes) is 11. The molecule has 0 aliphatic rings. The van der Waals surface area contributed by atoms with Crippen molar-refractivity contribution in [3.8, 4) is 11.5 Å². The summed E-state index contributed by atoms with van der Waals surface area (Å²) >= 11 is 0. The molecule has 2 rings (SSSR count). The first-order valence-corrected chi connectivity index (χ1v) is 16.9. The topological polar surface area (TPSA) is 66.6 Å². The third-order valence-corrected chi connectivity index (χ3v) is 7.89. The number of nitrogens with one attached hydrogen (secondary N) is 4. The lowest BCUT2D eigenvalue weighted by Crippen LogP contribution is -2.18. The van der Waals surface area contributed by atoms with Crippen LogP contribution in [0.25, 0.3) is 0 Å². The van der Waals surface area contributed by atoms with Gasteiger partial charge in [0, 0.05) is 24.2 Å². The van der Waals surface area contributed by atoms with Crippen molar-refractivity contribution in [2.24, 2.45) is 0 Å². The minimum atomic E-state index is 0.886. The summed E-state index contributed by atoms with van der Waals surface area (Å²) in [7, 11) is 3.48. The molecule has 238 valence electrons. The zero-order valence-electron chi connectivity index (χ0n) is 27.0. The maximum Gasteiger partial charge on any atom is 0.123 e. The highest BCUT2D eigenvalue weighted by molar-refractivity contribution is 5.33. The first kappa shape index (κ1) is 36.1. The molecule has 0 aliphatic carbocycles. The van der Waals surface area contributed by atoms with Crippen molar-refractivity contribution >= 4 is 0 Å². The summed E-state index contributed by atoms with van der Waals surface area (Å²) in [5, 5.41) is 14.4. The van der Waals surface area contributed by atoms with Crippen molar-refractivity contribution in [2.75, 3.05) is 53.5 Å². The Bertz CT molecular complexity index is 807. The largest absolute Gasteiger partial charge is 0.496 e. The third kappa shape index (κ3) is 18.4. The van der Waals surface area contributed by atoms with Crippen molar-refractivity contribution in [1.29, 1.82) is 0 Å². The zero-order chi connectivity index (χ0) is 29.8. The van der Waals surface area contributed by atoms with Gasteiger partial charge in [-0.1, -0.05) is 87.8 Å². The second-order valence-corrected chi connectivity index (χ2v) is 11.4. The molecule has 42 heavy (non-hydrogen) atoms. The van der Waals surface area contributed by atoms with Crippen molar-refractivity contribution in [2.45, 2.75) is 103 Å². The number of hydrogen-bond acceptors (Lipinski definition) is 6. The number of benzene rings is 2. The third-order valence-electron chi connectivity index (χ3n) is 7.89. The zero-order valence-corrected chi connectivity index (χ0v) is 27.0. The van der Waals surface area contributed by atoms with E-state index in [0.29, 0.717) is 0 Å². The molecule has 0 radical (unpaired) electrons. The van der Waals surface area contributed by atoms with Crippen LogP contribution in [0.2, 0.25) is 0 Å². The van der Waals surface area contributed by atoms with Gasteiger partial charge in [0.1, 0.15) is 11.5 Å². The summed E-state index contributed by atoms with van der Waals surface area (Å²) in [6.45, 7) is 8.63. The second kappa shape index (κ2) is 26.5. The highest BCUT2D eigenvalue weighted by Crippen LogP contribution is 2.17. The summed E-state index contributed by atoms with van der Waals surface area (Å²) in [5.74, 6) is 1.95. The highest BCUT2D eigenvalue weighted by atomic mass is 16.5. The van der Waals surface area contributed by atoms with Gasteiger partial charge < -0.3 is 30.7 Å². The lowest BCUT2D eigenvalue weighted by molar-refractivity contribution is 0.407. The first-order chi connectivity index (χ1) is 20.8. The minimum absolute atomic E-state index is 0.886. The van der Waals surface area contributed by atoms with Crippen LogP contribution in [0.5, 0.6) is 11.5 Å². The molecule has 0 spiro atoms. The van der Waals surface area contributed by atoms with Crippen molar-refractivity contribution in [3.05, 3.63) is 59.7 Å². The van der Waals surface area contributed by atoms with E-state index in [1.54, 1.807) is 14.2 Å². The molecule has 0 atom stereocenters. The van der Waals surface area contributed by atoms with Crippen LogP contribution >= 0.6 is 0 Å². The van der Waals surface area contributed by atoms with Crippen LogP contribution < -0.4 is 30.7 Å². The SMILES string of the molecule is COc1ccccc1CNCCCCCCCNCCCCCCNCCCCCCCNCc1ccccc1OC. The van der Waals surface area contributed by atoms with Crippen LogP contribution in [0, 0.1) is 0 Å². The quantitative estimate of drug-likeness (QED) is 0.0760. The van der Waals surface area contributed by atoms with Crippen LogP contribution in [-0.2, 0) is 13.1 Å². The second-order valence-electron chi connectivity index (χ2n) is 11.4. The van der Waals surface area contributed by atoms with Gasteiger partial charge in [0.05, 0.1) is 14.2 Å². The van der Waals surface area contributed by atoms with Crippen LogP contribution in [0.3, 0.4) is 0 Å². The molecular formula is C36H62N4O2. The Hall–Kier alpha value is -2.12. The minimum Gasteiger partial charge on any atom is -0.496 e. The maximum absolute atomic E-state index is 5.41. The van der Waals surface area contributed by atoms with Crippen molar-refractivity contribution in [3.63, 3.8) is 0 Å². The molecule has 0 saturated heterocycles. The normalized spacial score (nSPS) is 11.2. The predicted octanol–water partition coefficient (Wildman–Crippen LogP) is 7.22. The van der Waals surface area contributed by atoms with Gasteiger partial charge in [-0.05, 0) is 89.9 Å². The van der Waals surface area contributed by atoms with E-state index in [1.807, 2.05) is 24.3 Å². The fourth-order valence-electron chi connectivity index (χ4n) is 5.31. The molecule has 2 aromatic rings. The van der Waals surface area contributed by atoms with Crippen LogP contribution in [0.15, 0.2) is 48.5 Å². The van der Waals surface area contributed by atoms with Crippen LogP contribution in [0.1, 0.15) is 101 Å². The monoisotopic (exact) mass is 582 g/mol. The van der Waals surface area contributed by atoms with E-state index < -0.39 is 0 Å². The summed E-state index contributed by atoms with van der Waals surface area (Å²) < 4.78 is 10.8. The van der Waals surface area contributed by atoms with E-state index in [9.17, 15) is 0 Å². The molecule has 0 unspecified atom stereocenters. The standard InChI is InChI=1S/C36H62N4O2/c1-41-35-23-13-11-21-33(35)31-39-29-19-7-3-5-15-25-37-27-17-9-10-18-28-38-26-16-6-4-8-20-30-40-32-34-22-12-14-24-36(34)42-2/h11-14,21-24,37-40H,3-10,15-20,25-32H2,1-2H3. The van der Waals surface area contributed by atoms with E-state index in [4.69, 9.17) is 9.47 Å². The van der Waals surface area contributed by atoms with Gasteiger partial charge in [0.2, 0.25) is 0 Å². The number of rotatable bonds is 29. The Kier molecular flexibility index (Phi) is 22.8. The average molecular weight is 583 g/mol. The van der Waals surface area contributed by atoms with Gasteiger partial charge in [0.15, 0.2) is 0 Å². The molecule has 0 aliphatic heterocycles. The molecule has 6 heteroatoms. The summed E-state index contributed by atoms with van der Waals surface area (Å²) in [6.07, 6.45) is 18.4. The molecule has 4 N–H and O–H groups in total. The van der Waals surface area contributed by atoms with Gasteiger partial charge in [-0.2, -0.15) is 0 Å². The van der Waals surface area contributed by atoms with E-state index in [1.165, 1.54) is 127 Å². The first-order valence-electron chi connectivity index (χ1n) is 16.9. The fraction of sp³-hybridized carbons (Fsp3) is 0.667. The number of para-hydroxylation sites is 2. The molecule has 0 bridgehead atoms. The summed E-state index contributed by atoms with van der Waals surface area (Å²) in [6, 6.07) is 16.5. The Balaban J connectivity index is 1.21. The molecular weight excluding hydrogens is 520 g/mol. The Morgan fingerprint density at radius 3 is 1.00 bits per heavy atom. The van der Waals surface area contributed by atoms with Gasteiger partial charge >= 0.3 is 0 Å². The van der Waals surface area contributed by atoms with Gasteiger partial charge in [-0.25, -0.2) is 0 Å². The molecule has 0 heterocycles. The highest BCUT2D eigenvalue weighted by Gasteiger charge is 2.01. The van der Waals surface area contributed by atoms with E-state index in [0.717, 1.165) is 37.7 Å². The van der Waals surface area contributed by atoms with E-state index >= 15 is 0 Å². The fourth-order valence-corrected chi connectivity index (χ4v) is 5.31. The van der Waals surface area contributed by atoms with Gasteiger partial charge in [-0.3, -0.25) is 0 Å². The smallest absolute Gasteiger partial charge is 0.123 e. The lowest BCUT2D eigenvalue weighted by Gasteiger charge is -2.09. The Morgan fingerprint density at radius 1 is 0.381 bits per heavy atom. The summed E-state index contributed by atoms with van der Waals surface area (Å²) in [5.41, 5.74) is 2.48. The average Bonchev–Trinajstić information content (AvgIpc) is 3.03. The number of ether oxygens (including phenoxy) is 2. The molecule has 0 saturated carbocycles. The maximum atomic E-state index is 5.41. The lowest BCUT2D eigenvalue weighted by atomic mass is 10.1. The molecule has 0 aromatic heterocycles. The van der Waals surface area contributed by atoms with Crippen molar-refractivity contribution < 1.29 is 9.47 Å². The number of hydrogen-bond donors (Lipinski definition) is 4. The molecule has 0 fully saturated rings. The predicted molar refractivity (Wildman–Crippen MR) is 180 cm³/mol. The Labute approximate surface area is 258 Å². The molecule has 0 amide bonds. The van der Waals surface area contributed by atoms with Crippen LogP contribution in [0.4, 0.5) is 0 Å². The van der Waals surface area contributed by atoms with E-state index in [2.05, 4.69) is 45.5 Å². The number of methoxy groups -OCH3 is 2. The van der Waals surface area contributed by atoms with Crippen molar-refractivity contribution in [1.82, 2.24) is 21.3 Å². The Morgan fingerprint density at radius 2 is 0.667 bits per heavy atom. The summed E-state index contributed by atoms with van der Waals surface area (Å²) in [4.78, 5) is 0.